The molecule has 1 aromatic heterocycles. The largest absolute Gasteiger partial charge is 0.508 e. The van der Waals surface area contributed by atoms with Gasteiger partial charge in [-0.2, -0.15) is 0 Å². The third kappa shape index (κ3) is 6.51. The molecule has 0 spiro atoms. The summed E-state index contributed by atoms with van der Waals surface area (Å²) in [7, 11) is 1.90. The molecule has 0 bridgehead atoms. The van der Waals surface area contributed by atoms with Crippen molar-refractivity contribution in [2.75, 3.05) is 13.6 Å². The summed E-state index contributed by atoms with van der Waals surface area (Å²) in [6.45, 7) is 3.22. The molecule has 0 amide bonds. The molecule has 0 saturated heterocycles. The van der Waals surface area contributed by atoms with E-state index >= 15 is 0 Å². The van der Waals surface area contributed by atoms with Gasteiger partial charge in [0.15, 0.2) is 0 Å². The van der Waals surface area contributed by atoms with Gasteiger partial charge in [-0.15, -0.1) is 0 Å². The van der Waals surface area contributed by atoms with Gasteiger partial charge >= 0.3 is 0 Å². The first kappa shape index (κ1) is 16.4. The second-order valence-corrected chi connectivity index (χ2v) is 4.78. The molecule has 20 heavy (non-hydrogen) atoms. The monoisotopic (exact) mass is 292 g/mol. The minimum atomic E-state index is 0.264. The molecule has 0 aliphatic rings. The zero-order valence-corrected chi connectivity index (χ0v) is 12.5. The van der Waals surface area contributed by atoms with Crippen LogP contribution in [-0.2, 0) is 0 Å². The minimum Gasteiger partial charge on any atom is -0.508 e. The Morgan fingerprint density at radius 1 is 1.10 bits per heavy atom. The highest BCUT2D eigenvalue weighted by atomic mass is 32.2. The second-order valence-electron chi connectivity index (χ2n) is 3.87. The first-order valence-electron chi connectivity index (χ1n) is 6.37. The molecular weight excluding hydrogens is 272 g/mol. The van der Waals surface area contributed by atoms with Crippen molar-refractivity contribution in [2.45, 2.75) is 13.3 Å². The van der Waals surface area contributed by atoms with Crippen LogP contribution in [0.25, 0.3) is 11.1 Å². The highest BCUT2D eigenvalue weighted by Crippen LogP contribution is 2.19. The highest BCUT2D eigenvalue weighted by Gasteiger charge is 1.96. The van der Waals surface area contributed by atoms with E-state index in [-0.39, 0.29) is 5.75 Å². The number of aromatic hydroxyl groups is 1. The number of phenolic OH excluding ortho intramolecular Hbond substituents is 1. The van der Waals surface area contributed by atoms with Crippen LogP contribution in [0.15, 0.2) is 43.0 Å². The van der Waals surface area contributed by atoms with Gasteiger partial charge in [-0.3, -0.25) is 9.44 Å². The summed E-state index contributed by atoms with van der Waals surface area (Å²) in [6, 6.07) is 6.94. The molecular formula is C14H20N4OS. The van der Waals surface area contributed by atoms with Crippen LogP contribution in [0.3, 0.4) is 0 Å². The van der Waals surface area contributed by atoms with Crippen LogP contribution < -0.4 is 9.44 Å². The summed E-state index contributed by atoms with van der Waals surface area (Å²) >= 11 is 1.53. The van der Waals surface area contributed by atoms with Crippen molar-refractivity contribution in [3.8, 4) is 16.9 Å². The molecule has 0 saturated carbocycles. The van der Waals surface area contributed by atoms with Crippen molar-refractivity contribution >= 4 is 12.1 Å². The molecule has 2 aromatic rings. The molecule has 0 atom stereocenters. The van der Waals surface area contributed by atoms with Gasteiger partial charge in [0, 0.05) is 36.6 Å². The van der Waals surface area contributed by atoms with E-state index in [1.807, 2.05) is 19.2 Å². The van der Waals surface area contributed by atoms with Gasteiger partial charge in [0.25, 0.3) is 0 Å². The molecule has 0 aliphatic carbocycles. The Morgan fingerprint density at radius 2 is 1.75 bits per heavy atom. The summed E-state index contributed by atoms with van der Waals surface area (Å²) in [6.07, 6.45) is 6.15. The summed E-state index contributed by atoms with van der Waals surface area (Å²) < 4.78 is 6.00. The summed E-state index contributed by atoms with van der Waals surface area (Å²) in [5.41, 5.74) is 1.95. The average molecular weight is 292 g/mol. The van der Waals surface area contributed by atoms with Gasteiger partial charge in [-0.05, 0) is 31.2 Å². The van der Waals surface area contributed by atoms with Crippen LogP contribution in [0.2, 0.25) is 0 Å². The quantitative estimate of drug-likeness (QED) is 0.581. The second kappa shape index (κ2) is 10.2. The first-order valence-corrected chi connectivity index (χ1v) is 7.19. The Balaban J connectivity index is 0.000000246. The number of hydrogen-bond acceptors (Lipinski definition) is 6. The van der Waals surface area contributed by atoms with Crippen molar-refractivity contribution in [1.29, 1.82) is 0 Å². The van der Waals surface area contributed by atoms with Gasteiger partial charge in [0.05, 0.1) is 0 Å². The fourth-order valence-corrected chi connectivity index (χ4v) is 1.78. The Labute approximate surface area is 124 Å². The summed E-state index contributed by atoms with van der Waals surface area (Å²) in [5, 5.41) is 9.07. The topological polar surface area (TPSA) is 70.1 Å². The van der Waals surface area contributed by atoms with Crippen LogP contribution in [0.4, 0.5) is 0 Å². The van der Waals surface area contributed by atoms with E-state index in [2.05, 4.69) is 26.3 Å². The maximum absolute atomic E-state index is 9.07. The molecule has 108 valence electrons. The van der Waals surface area contributed by atoms with Crippen molar-refractivity contribution < 1.29 is 5.11 Å². The summed E-state index contributed by atoms with van der Waals surface area (Å²) in [5.74, 6) is 0.264. The van der Waals surface area contributed by atoms with Crippen molar-refractivity contribution in [1.82, 2.24) is 19.4 Å². The van der Waals surface area contributed by atoms with E-state index in [0.29, 0.717) is 0 Å². The van der Waals surface area contributed by atoms with Gasteiger partial charge in [-0.25, -0.2) is 9.97 Å². The van der Waals surface area contributed by atoms with E-state index < -0.39 is 0 Å². The number of hydrogen-bond donors (Lipinski definition) is 3. The van der Waals surface area contributed by atoms with Crippen LogP contribution in [0.5, 0.6) is 5.75 Å². The molecule has 0 fully saturated rings. The molecule has 1 aromatic carbocycles. The predicted molar refractivity (Wildman–Crippen MR) is 84.1 cm³/mol. The minimum absolute atomic E-state index is 0.264. The molecule has 2 rings (SSSR count). The first-order chi connectivity index (χ1) is 9.77. The smallest absolute Gasteiger partial charge is 0.115 e. The molecule has 0 aliphatic heterocycles. The fourth-order valence-electron chi connectivity index (χ4n) is 1.33. The van der Waals surface area contributed by atoms with E-state index in [1.54, 1.807) is 24.5 Å². The zero-order valence-electron chi connectivity index (χ0n) is 11.7. The van der Waals surface area contributed by atoms with Crippen LogP contribution in [-0.4, -0.2) is 28.7 Å². The Kier molecular flexibility index (Phi) is 8.37. The van der Waals surface area contributed by atoms with E-state index in [4.69, 9.17) is 5.11 Å². The van der Waals surface area contributed by atoms with Gasteiger partial charge in [0.2, 0.25) is 0 Å². The van der Waals surface area contributed by atoms with E-state index in [9.17, 15) is 0 Å². The number of nitrogens with one attached hydrogen (secondary N) is 2. The van der Waals surface area contributed by atoms with Gasteiger partial charge in [-0.1, -0.05) is 19.1 Å². The molecule has 6 heteroatoms. The average Bonchev–Trinajstić information content (AvgIpc) is 2.50. The van der Waals surface area contributed by atoms with Crippen molar-refractivity contribution in [3.63, 3.8) is 0 Å². The number of rotatable bonds is 5. The van der Waals surface area contributed by atoms with Crippen LogP contribution >= 0.6 is 12.1 Å². The van der Waals surface area contributed by atoms with E-state index in [0.717, 1.165) is 17.7 Å². The highest BCUT2D eigenvalue weighted by molar-refractivity contribution is 7.95. The Morgan fingerprint density at radius 3 is 2.30 bits per heavy atom. The fraction of sp³-hybridized carbons (Fsp3) is 0.286. The summed E-state index contributed by atoms with van der Waals surface area (Å²) in [4.78, 5) is 7.82. The molecule has 5 nitrogen and oxygen atoms in total. The van der Waals surface area contributed by atoms with Gasteiger partial charge < -0.3 is 5.11 Å². The maximum atomic E-state index is 9.07. The lowest BCUT2D eigenvalue weighted by molar-refractivity contribution is 0.475. The van der Waals surface area contributed by atoms with Crippen molar-refractivity contribution in [3.05, 3.63) is 43.0 Å². The lowest BCUT2D eigenvalue weighted by Crippen LogP contribution is -2.09. The molecule has 1 heterocycles. The third-order valence-electron chi connectivity index (χ3n) is 2.29. The lowest BCUT2D eigenvalue weighted by atomic mass is 10.1. The molecule has 0 radical (unpaired) electrons. The van der Waals surface area contributed by atoms with Crippen LogP contribution in [0, 0.1) is 0 Å². The third-order valence-corrected chi connectivity index (χ3v) is 2.84. The van der Waals surface area contributed by atoms with Crippen LogP contribution in [0.1, 0.15) is 13.3 Å². The number of nitrogens with zero attached hydrogens (tertiary/aromatic N) is 2. The lowest BCUT2D eigenvalue weighted by Gasteiger charge is -1.99. The molecule has 3 N–H and O–H groups in total. The number of phenols is 1. The predicted octanol–water partition coefficient (Wildman–Crippen LogP) is 2.62. The standard InChI is InChI=1S/C10H8N2O.C4H12N2S/c13-10-3-1-8(2-4-10)9-5-11-7-12-6-9;1-3-4-6-7-5-2/h1-7,13H;5-6H,3-4H2,1-2H3. The van der Waals surface area contributed by atoms with Gasteiger partial charge in [0.1, 0.15) is 12.1 Å². The normalized spacial score (nSPS) is 9.70. The number of benzene rings is 1. The zero-order chi connectivity index (χ0) is 14.6. The van der Waals surface area contributed by atoms with E-state index in [1.165, 1.54) is 24.9 Å². The maximum Gasteiger partial charge on any atom is 0.115 e. The molecule has 0 unspecified atom stereocenters. The number of aromatic nitrogens is 2. The Hall–Kier alpha value is -1.63. The Bertz CT molecular complexity index is 460. The SMILES string of the molecule is CCCNSNC.Oc1ccc(-c2cncnc2)cc1. The van der Waals surface area contributed by atoms with Crippen molar-refractivity contribution in [2.24, 2.45) is 0 Å².